The summed E-state index contributed by atoms with van der Waals surface area (Å²) in [6.07, 6.45) is 4.22. The number of rotatable bonds is 7. The third kappa shape index (κ3) is 3.65. The molecular formula is C20H30N2O2. The molecule has 0 spiro atoms. The van der Waals surface area contributed by atoms with Crippen molar-refractivity contribution in [2.75, 3.05) is 6.54 Å². The fourth-order valence-electron chi connectivity index (χ4n) is 3.78. The van der Waals surface area contributed by atoms with Crippen molar-refractivity contribution in [3.05, 3.63) is 35.9 Å². The van der Waals surface area contributed by atoms with Crippen LogP contribution in [0.3, 0.4) is 0 Å². The highest BCUT2D eigenvalue weighted by Gasteiger charge is 2.52. The summed E-state index contributed by atoms with van der Waals surface area (Å²) in [6, 6.07) is 10.8. The minimum absolute atomic E-state index is 0.147. The maximum absolute atomic E-state index is 12.7. The number of carbonyl (C=O) groups excluding carboxylic acids is 1. The van der Waals surface area contributed by atoms with Gasteiger partial charge in [-0.2, -0.15) is 0 Å². The number of hydrogen-bond acceptors (Lipinski definition) is 3. The number of nitrogens with zero attached hydrogens (tertiary/aromatic N) is 2. The molecule has 3 unspecified atom stereocenters. The summed E-state index contributed by atoms with van der Waals surface area (Å²) in [5.41, 5.74) is 1.13. The quantitative estimate of drug-likeness (QED) is 0.716. The Morgan fingerprint density at radius 1 is 1.25 bits per heavy atom. The Morgan fingerprint density at radius 3 is 2.62 bits per heavy atom. The van der Waals surface area contributed by atoms with Gasteiger partial charge in [-0.15, -0.1) is 0 Å². The number of hydrogen-bond donors (Lipinski definition) is 0. The minimum atomic E-state index is -0.281. The van der Waals surface area contributed by atoms with Gasteiger partial charge in [-0.05, 0) is 44.1 Å². The van der Waals surface area contributed by atoms with Crippen molar-refractivity contribution in [1.29, 1.82) is 0 Å². The van der Waals surface area contributed by atoms with Crippen LogP contribution in [-0.2, 0) is 16.1 Å². The molecule has 3 atom stereocenters. The van der Waals surface area contributed by atoms with E-state index in [2.05, 4.69) is 25.8 Å². The molecule has 2 saturated heterocycles. The summed E-state index contributed by atoms with van der Waals surface area (Å²) >= 11 is 0. The highest BCUT2D eigenvalue weighted by Crippen LogP contribution is 2.34. The van der Waals surface area contributed by atoms with Gasteiger partial charge >= 0.3 is 0 Å². The van der Waals surface area contributed by atoms with E-state index < -0.39 is 0 Å². The molecule has 1 aromatic carbocycles. The molecule has 3 rings (SSSR count). The van der Waals surface area contributed by atoms with E-state index in [-0.39, 0.29) is 18.1 Å². The van der Waals surface area contributed by atoms with Crippen LogP contribution in [0.25, 0.3) is 0 Å². The first-order valence-electron chi connectivity index (χ1n) is 9.33. The molecule has 0 saturated carbocycles. The first kappa shape index (κ1) is 17.4. The highest BCUT2D eigenvalue weighted by molar-refractivity contribution is 5.88. The van der Waals surface area contributed by atoms with Crippen LogP contribution in [0.4, 0.5) is 0 Å². The molecule has 4 nitrogen and oxygen atoms in total. The van der Waals surface area contributed by atoms with Gasteiger partial charge in [0.2, 0.25) is 0 Å². The van der Waals surface area contributed by atoms with Crippen molar-refractivity contribution in [2.45, 2.75) is 71.2 Å². The van der Waals surface area contributed by atoms with Gasteiger partial charge in [-0.1, -0.05) is 44.2 Å². The van der Waals surface area contributed by atoms with Crippen molar-refractivity contribution < 1.29 is 9.53 Å². The Hall–Kier alpha value is -1.39. The lowest BCUT2D eigenvalue weighted by molar-refractivity contribution is -0.215. The van der Waals surface area contributed by atoms with E-state index in [0.717, 1.165) is 24.9 Å². The third-order valence-corrected chi connectivity index (χ3v) is 5.24. The van der Waals surface area contributed by atoms with Crippen molar-refractivity contribution in [1.82, 2.24) is 10.0 Å². The SMILES string of the molecule is CC(C)CCC1C(OCc2ccccc2)C(=O)N1N1CCCC1C. The Bertz CT molecular complexity index is 546. The van der Waals surface area contributed by atoms with E-state index in [4.69, 9.17) is 4.74 Å². The average Bonchev–Trinajstić information content (AvgIpc) is 2.97. The van der Waals surface area contributed by atoms with Crippen molar-refractivity contribution in [2.24, 2.45) is 5.92 Å². The number of benzene rings is 1. The predicted molar refractivity (Wildman–Crippen MR) is 95.1 cm³/mol. The first-order chi connectivity index (χ1) is 11.6. The number of hydrazine groups is 1. The second kappa shape index (κ2) is 7.66. The van der Waals surface area contributed by atoms with Crippen LogP contribution in [0.2, 0.25) is 0 Å². The second-order valence-corrected chi connectivity index (χ2v) is 7.59. The van der Waals surface area contributed by atoms with Crippen LogP contribution < -0.4 is 0 Å². The highest BCUT2D eigenvalue weighted by atomic mass is 16.5. The molecule has 4 heteroatoms. The molecule has 0 N–H and O–H groups in total. The van der Waals surface area contributed by atoms with Crippen LogP contribution in [0.15, 0.2) is 30.3 Å². The van der Waals surface area contributed by atoms with Gasteiger partial charge in [-0.3, -0.25) is 9.80 Å². The molecule has 24 heavy (non-hydrogen) atoms. The Labute approximate surface area is 145 Å². The molecule has 0 aromatic heterocycles. The van der Waals surface area contributed by atoms with Gasteiger partial charge < -0.3 is 4.74 Å². The average molecular weight is 330 g/mol. The van der Waals surface area contributed by atoms with Gasteiger partial charge in [0.25, 0.3) is 5.91 Å². The second-order valence-electron chi connectivity index (χ2n) is 7.59. The molecule has 2 aliphatic heterocycles. The van der Waals surface area contributed by atoms with Crippen LogP contribution >= 0.6 is 0 Å². The van der Waals surface area contributed by atoms with Crippen LogP contribution in [0, 0.1) is 5.92 Å². The monoisotopic (exact) mass is 330 g/mol. The van der Waals surface area contributed by atoms with Gasteiger partial charge in [0.15, 0.2) is 6.10 Å². The molecule has 2 fully saturated rings. The molecular weight excluding hydrogens is 300 g/mol. The third-order valence-electron chi connectivity index (χ3n) is 5.24. The molecule has 2 heterocycles. The lowest BCUT2D eigenvalue weighted by Crippen LogP contribution is -2.71. The summed E-state index contributed by atoms with van der Waals surface area (Å²) < 4.78 is 6.03. The molecule has 1 aromatic rings. The number of β-lactam (4-membered cyclic amide) rings is 1. The molecule has 1 amide bonds. The van der Waals surface area contributed by atoms with Crippen LogP contribution in [0.1, 0.15) is 52.0 Å². The number of carbonyl (C=O) groups is 1. The minimum Gasteiger partial charge on any atom is -0.361 e. The molecule has 132 valence electrons. The van der Waals surface area contributed by atoms with Crippen molar-refractivity contribution in [3.63, 3.8) is 0 Å². The zero-order chi connectivity index (χ0) is 17.1. The molecule has 2 aliphatic rings. The summed E-state index contributed by atoms with van der Waals surface area (Å²) in [7, 11) is 0. The van der Waals surface area contributed by atoms with E-state index in [0.29, 0.717) is 18.6 Å². The maximum atomic E-state index is 12.7. The fraction of sp³-hybridized carbons (Fsp3) is 0.650. The molecule has 0 bridgehead atoms. The first-order valence-corrected chi connectivity index (χ1v) is 9.33. The van der Waals surface area contributed by atoms with Gasteiger partial charge in [0.1, 0.15) is 0 Å². The van der Waals surface area contributed by atoms with Crippen LogP contribution in [-0.4, -0.2) is 40.7 Å². The molecule has 0 radical (unpaired) electrons. The Morgan fingerprint density at radius 2 is 2.00 bits per heavy atom. The largest absolute Gasteiger partial charge is 0.361 e. The summed E-state index contributed by atoms with van der Waals surface area (Å²) in [5, 5.41) is 4.28. The van der Waals surface area contributed by atoms with Crippen molar-refractivity contribution >= 4 is 5.91 Å². The molecule has 0 aliphatic carbocycles. The predicted octanol–water partition coefficient (Wildman–Crippen LogP) is 3.62. The van der Waals surface area contributed by atoms with E-state index in [1.54, 1.807) is 0 Å². The summed E-state index contributed by atoms with van der Waals surface area (Å²) in [4.78, 5) is 12.7. The van der Waals surface area contributed by atoms with Crippen molar-refractivity contribution in [3.8, 4) is 0 Å². The standard InChI is InChI=1S/C20H30N2O2/c1-15(2)11-12-18-19(24-14-17-9-5-4-6-10-17)20(23)22(18)21-13-7-8-16(21)3/h4-6,9-10,15-16,18-19H,7-8,11-14H2,1-3H3. The lowest BCUT2D eigenvalue weighted by Gasteiger charge is -2.52. The number of amides is 1. The Kier molecular flexibility index (Phi) is 5.57. The smallest absolute Gasteiger partial charge is 0.268 e. The van der Waals surface area contributed by atoms with Crippen LogP contribution in [0.5, 0.6) is 0 Å². The van der Waals surface area contributed by atoms with E-state index >= 15 is 0 Å². The topological polar surface area (TPSA) is 32.8 Å². The van der Waals surface area contributed by atoms with E-state index in [1.807, 2.05) is 35.3 Å². The zero-order valence-electron chi connectivity index (χ0n) is 15.1. The fourth-order valence-corrected chi connectivity index (χ4v) is 3.78. The van der Waals surface area contributed by atoms with Gasteiger partial charge in [-0.25, -0.2) is 5.01 Å². The van der Waals surface area contributed by atoms with Gasteiger partial charge in [0.05, 0.1) is 12.6 Å². The zero-order valence-corrected chi connectivity index (χ0v) is 15.1. The summed E-state index contributed by atoms with van der Waals surface area (Å²) in [6.45, 7) is 8.21. The summed E-state index contributed by atoms with van der Waals surface area (Å²) in [5.74, 6) is 0.793. The lowest BCUT2D eigenvalue weighted by atomic mass is 9.92. The van der Waals surface area contributed by atoms with E-state index in [1.165, 1.54) is 12.8 Å². The maximum Gasteiger partial charge on any atom is 0.268 e. The Balaban J connectivity index is 1.64. The van der Waals surface area contributed by atoms with Gasteiger partial charge in [0, 0.05) is 12.6 Å². The normalized spacial score (nSPS) is 27.8. The van der Waals surface area contributed by atoms with E-state index in [9.17, 15) is 4.79 Å². The number of ether oxygens (including phenoxy) is 1.